The number of carboxylic acids is 1. The number of aromatic hydroxyl groups is 1. The van der Waals surface area contributed by atoms with Gasteiger partial charge in [-0.1, -0.05) is 60.7 Å². The average molecular weight is 342 g/mol. The molecular weight excluding hydrogens is 328 g/mol. The summed E-state index contributed by atoms with van der Waals surface area (Å²) in [7, 11) is 0. The molecule has 0 aliphatic carbocycles. The van der Waals surface area contributed by atoms with E-state index in [1.165, 1.54) is 0 Å². The third-order valence-electron chi connectivity index (χ3n) is 4.18. The Labute approximate surface area is 149 Å². The molecule has 0 radical (unpaired) electrons. The Morgan fingerprint density at radius 2 is 1.50 bits per heavy atom. The molecular formula is C21H14N2O3. The number of carbonyl (C=O) groups is 1. The second-order valence-electron chi connectivity index (χ2n) is 5.81. The number of hydrogen-bond donors (Lipinski definition) is 2. The van der Waals surface area contributed by atoms with Crippen molar-refractivity contribution in [1.29, 1.82) is 0 Å². The van der Waals surface area contributed by atoms with E-state index >= 15 is 0 Å². The number of nitrogens with zero attached hydrogens (tertiary/aromatic N) is 2. The molecule has 0 unspecified atom stereocenters. The molecule has 0 fully saturated rings. The topological polar surface area (TPSA) is 83.3 Å². The van der Waals surface area contributed by atoms with Gasteiger partial charge >= 0.3 is 5.97 Å². The quantitative estimate of drug-likeness (QED) is 0.578. The first-order chi connectivity index (χ1) is 12.6. The van der Waals surface area contributed by atoms with Crippen molar-refractivity contribution in [1.82, 2.24) is 9.97 Å². The Bertz CT molecular complexity index is 1110. The number of hydrogen-bond acceptors (Lipinski definition) is 4. The molecule has 0 aliphatic rings. The Morgan fingerprint density at radius 1 is 0.885 bits per heavy atom. The van der Waals surface area contributed by atoms with Gasteiger partial charge in [0.2, 0.25) is 0 Å². The van der Waals surface area contributed by atoms with Crippen LogP contribution in [0.4, 0.5) is 0 Å². The summed E-state index contributed by atoms with van der Waals surface area (Å²) in [6.07, 6.45) is 1.61. The van der Waals surface area contributed by atoms with E-state index in [9.17, 15) is 15.0 Å². The molecule has 1 aromatic heterocycles. The van der Waals surface area contributed by atoms with Gasteiger partial charge in [0, 0.05) is 11.1 Å². The largest absolute Gasteiger partial charge is 0.506 e. The third-order valence-corrected chi connectivity index (χ3v) is 4.18. The van der Waals surface area contributed by atoms with E-state index in [1.54, 1.807) is 24.4 Å². The van der Waals surface area contributed by atoms with E-state index in [1.807, 2.05) is 48.5 Å². The van der Waals surface area contributed by atoms with E-state index in [-0.39, 0.29) is 16.8 Å². The van der Waals surface area contributed by atoms with Crippen LogP contribution in [0, 0.1) is 0 Å². The van der Waals surface area contributed by atoms with E-state index in [4.69, 9.17) is 0 Å². The van der Waals surface area contributed by atoms with Crippen LogP contribution in [0.5, 0.6) is 5.75 Å². The van der Waals surface area contributed by atoms with E-state index in [0.717, 1.165) is 5.56 Å². The molecule has 4 aromatic rings. The van der Waals surface area contributed by atoms with Gasteiger partial charge in [0.1, 0.15) is 16.8 Å². The van der Waals surface area contributed by atoms with E-state index in [0.29, 0.717) is 22.3 Å². The summed E-state index contributed by atoms with van der Waals surface area (Å²) in [5, 5.41) is 20.3. The van der Waals surface area contributed by atoms with Crippen LogP contribution in [0.25, 0.3) is 33.4 Å². The second kappa shape index (κ2) is 6.29. The van der Waals surface area contributed by atoms with Crippen molar-refractivity contribution < 1.29 is 15.0 Å². The zero-order valence-corrected chi connectivity index (χ0v) is 13.6. The van der Waals surface area contributed by atoms with Crippen LogP contribution in [0.3, 0.4) is 0 Å². The van der Waals surface area contributed by atoms with E-state index in [2.05, 4.69) is 9.97 Å². The maximum Gasteiger partial charge on any atom is 0.341 e. The molecule has 0 spiro atoms. The molecule has 0 bridgehead atoms. The zero-order chi connectivity index (χ0) is 18.1. The summed E-state index contributed by atoms with van der Waals surface area (Å²) in [5.74, 6) is -1.56. The first-order valence-electron chi connectivity index (χ1n) is 8.02. The van der Waals surface area contributed by atoms with Crippen LogP contribution in [-0.2, 0) is 0 Å². The van der Waals surface area contributed by atoms with Crippen molar-refractivity contribution in [3.8, 4) is 28.1 Å². The van der Waals surface area contributed by atoms with Gasteiger partial charge in [-0.15, -0.1) is 0 Å². The lowest BCUT2D eigenvalue weighted by Crippen LogP contribution is -2.03. The second-order valence-corrected chi connectivity index (χ2v) is 5.81. The number of aromatic nitrogens is 2. The fourth-order valence-corrected chi connectivity index (χ4v) is 2.93. The summed E-state index contributed by atoms with van der Waals surface area (Å²) in [5.41, 5.74) is 2.83. The first-order valence-corrected chi connectivity index (χ1v) is 8.02. The van der Waals surface area contributed by atoms with Gasteiger partial charge in [0.25, 0.3) is 0 Å². The molecule has 5 nitrogen and oxygen atoms in total. The molecule has 0 aliphatic heterocycles. The Kier molecular flexibility index (Phi) is 3.82. The standard InChI is InChI=1S/C21H14N2O3/c24-20-15(13-7-3-1-4-8-13)11-16-19(18(20)21(25)26)23-17(12-22-16)14-9-5-2-6-10-14/h1-12,24H,(H,25,26). The molecule has 5 heteroatoms. The third kappa shape index (κ3) is 2.65. The number of carboxylic acid groups (broad SMARTS) is 1. The normalized spacial score (nSPS) is 10.8. The Hall–Kier alpha value is -3.73. The molecule has 26 heavy (non-hydrogen) atoms. The molecule has 0 saturated carbocycles. The smallest absolute Gasteiger partial charge is 0.341 e. The predicted molar refractivity (Wildman–Crippen MR) is 99.0 cm³/mol. The van der Waals surface area contributed by atoms with Crippen molar-refractivity contribution in [2.45, 2.75) is 0 Å². The fraction of sp³-hybridized carbons (Fsp3) is 0. The average Bonchev–Trinajstić information content (AvgIpc) is 2.68. The lowest BCUT2D eigenvalue weighted by atomic mass is 9.99. The van der Waals surface area contributed by atoms with Crippen molar-refractivity contribution in [2.75, 3.05) is 0 Å². The van der Waals surface area contributed by atoms with Crippen molar-refractivity contribution in [3.05, 3.63) is 78.5 Å². The first kappa shape index (κ1) is 15.8. The lowest BCUT2D eigenvalue weighted by molar-refractivity contribution is 0.0696. The summed E-state index contributed by atoms with van der Waals surface area (Å²) >= 11 is 0. The summed E-state index contributed by atoms with van der Waals surface area (Å²) < 4.78 is 0. The maximum absolute atomic E-state index is 11.8. The Morgan fingerprint density at radius 3 is 2.12 bits per heavy atom. The molecule has 0 amide bonds. The molecule has 3 aromatic carbocycles. The van der Waals surface area contributed by atoms with Gasteiger partial charge in [-0.25, -0.2) is 9.78 Å². The zero-order valence-electron chi connectivity index (χ0n) is 13.6. The monoisotopic (exact) mass is 342 g/mol. The van der Waals surface area contributed by atoms with Gasteiger partial charge in [-0.2, -0.15) is 0 Å². The number of fused-ring (bicyclic) bond motifs is 1. The van der Waals surface area contributed by atoms with Gasteiger partial charge in [-0.05, 0) is 11.6 Å². The summed E-state index contributed by atoms with van der Waals surface area (Å²) in [6.45, 7) is 0. The van der Waals surface area contributed by atoms with Crippen LogP contribution >= 0.6 is 0 Å². The maximum atomic E-state index is 11.8. The highest BCUT2D eigenvalue weighted by molar-refractivity contribution is 6.07. The minimum absolute atomic E-state index is 0.163. The van der Waals surface area contributed by atoms with Gasteiger partial charge < -0.3 is 10.2 Å². The summed E-state index contributed by atoms with van der Waals surface area (Å²) in [4.78, 5) is 20.7. The van der Waals surface area contributed by atoms with Crippen molar-refractivity contribution in [3.63, 3.8) is 0 Å². The minimum Gasteiger partial charge on any atom is -0.506 e. The Balaban J connectivity index is 2.00. The molecule has 0 atom stereocenters. The number of rotatable bonds is 3. The van der Waals surface area contributed by atoms with Crippen LogP contribution in [0.1, 0.15) is 10.4 Å². The highest BCUT2D eigenvalue weighted by Crippen LogP contribution is 2.37. The van der Waals surface area contributed by atoms with E-state index < -0.39 is 5.97 Å². The van der Waals surface area contributed by atoms with Gasteiger partial charge in [-0.3, -0.25) is 4.98 Å². The molecule has 1 heterocycles. The molecule has 0 saturated heterocycles. The van der Waals surface area contributed by atoms with Crippen LogP contribution in [0.15, 0.2) is 72.9 Å². The lowest BCUT2D eigenvalue weighted by Gasteiger charge is -2.11. The van der Waals surface area contributed by atoms with Gasteiger partial charge in [0.15, 0.2) is 0 Å². The van der Waals surface area contributed by atoms with Crippen LogP contribution in [-0.4, -0.2) is 26.2 Å². The van der Waals surface area contributed by atoms with Crippen molar-refractivity contribution >= 4 is 17.0 Å². The SMILES string of the molecule is O=C(O)c1c(O)c(-c2ccccc2)cc2ncc(-c3ccccc3)nc12. The molecule has 4 rings (SSSR count). The summed E-state index contributed by atoms with van der Waals surface area (Å²) in [6, 6.07) is 20.1. The molecule has 2 N–H and O–H groups in total. The number of aromatic carboxylic acids is 1. The highest BCUT2D eigenvalue weighted by atomic mass is 16.4. The predicted octanol–water partition coefficient (Wildman–Crippen LogP) is 4.37. The van der Waals surface area contributed by atoms with Gasteiger partial charge in [0.05, 0.1) is 17.4 Å². The van der Waals surface area contributed by atoms with Crippen LogP contribution in [0.2, 0.25) is 0 Å². The molecule has 126 valence electrons. The van der Waals surface area contributed by atoms with Crippen LogP contribution < -0.4 is 0 Å². The number of benzene rings is 3. The highest BCUT2D eigenvalue weighted by Gasteiger charge is 2.21. The number of phenols is 1. The minimum atomic E-state index is -1.25. The fourth-order valence-electron chi connectivity index (χ4n) is 2.93. The van der Waals surface area contributed by atoms with Crippen molar-refractivity contribution in [2.24, 2.45) is 0 Å².